The summed E-state index contributed by atoms with van der Waals surface area (Å²) in [5, 5.41) is 0. The van der Waals surface area contributed by atoms with Crippen molar-refractivity contribution in [1.82, 2.24) is 0 Å². The second-order valence-electron chi connectivity index (χ2n) is 4.63. The highest BCUT2D eigenvalue weighted by molar-refractivity contribution is 9.10. The summed E-state index contributed by atoms with van der Waals surface area (Å²) in [5.74, 6) is -0.581. The molecule has 5 nitrogen and oxygen atoms in total. The standard InChI is InChI=1S/C18H15BrO5/c1-22-16-11-13(18(21)23-2)7-9-15(16)24-17(20)10-8-12-5-3-4-6-14(12)19/h3-11H,1-2H3/b10-8+. The zero-order valence-corrected chi connectivity index (χ0v) is 14.7. The average Bonchev–Trinajstić information content (AvgIpc) is 2.60. The highest BCUT2D eigenvalue weighted by atomic mass is 79.9. The number of esters is 2. The fraction of sp³-hybridized carbons (Fsp3) is 0.111. The highest BCUT2D eigenvalue weighted by Gasteiger charge is 2.13. The first-order valence-corrected chi connectivity index (χ1v) is 7.75. The molecule has 0 aromatic heterocycles. The Kier molecular flexibility index (Phi) is 6.14. The molecule has 0 aliphatic carbocycles. The zero-order valence-electron chi connectivity index (χ0n) is 13.1. The van der Waals surface area contributed by atoms with Crippen LogP contribution < -0.4 is 9.47 Å². The van der Waals surface area contributed by atoms with Gasteiger partial charge in [-0.1, -0.05) is 34.1 Å². The molecular formula is C18H15BrO5. The van der Waals surface area contributed by atoms with Crippen molar-refractivity contribution in [3.63, 3.8) is 0 Å². The van der Waals surface area contributed by atoms with Gasteiger partial charge in [0.25, 0.3) is 0 Å². The Morgan fingerprint density at radius 1 is 1.04 bits per heavy atom. The Morgan fingerprint density at radius 3 is 2.46 bits per heavy atom. The maximum Gasteiger partial charge on any atom is 0.337 e. The van der Waals surface area contributed by atoms with Crippen molar-refractivity contribution < 1.29 is 23.8 Å². The molecule has 0 atom stereocenters. The third-order valence-electron chi connectivity index (χ3n) is 3.10. The van der Waals surface area contributed by atoms with E-state index in [4.69, 9.17) is 9.47 Å². The molecule has 0 aliphatic heterocycles. The van der Waals surface area contributed by atoms with E-state index in [1.54, 1.807) is 6.08 Å². The van der Waals surface area contributed by atoms with E-state index < -0.39 is 11.9 Å². The van der Waals surface area contributed by atoms with Crippen LogP contribution in [0.5, 0.6) is 11.5 Å². The molecule has 6 heteroatoms. The molecule has 2 rings (SSSR count). The van der Waals surface area contributed by atoms with E-state index in [1.165, 1.54) is 38.5 Å². The first-order valence-electron chi connectivity index (χ1n) is 6.96. The van der Waals surface area contributed by atoms with Gasteiger partial charge in [0.15, 0.2) is 11.5 Å². The van der Waals surface area contributed by atoms with E-state index in [0.717, 1.165) is 10.0 Å². The lowest BCUT2D eigenvalue weighted by molar-refractivity contribution is -0.129. The summed E-state index contributed by atoms with van der Waals surface area (Å²) in [6.45, 7) is 0. The number of methoxy groups -OCH3 is 2. The molecule has 0 fully saturated rings. The van der Waals surface area contributed by atoms with Gasteiger partial charge in [0, 0.05) is 10.5 Å². The van der Waals surface area contributed by atoms with Crippen LogP contribution in [0.2, 0.25) is 0 Å². The highest BCUT2D eigenvalue weighted by Crippen LogP contribution is 2.28. The second kappa shape index (κ2) is 8.31. The predicted octanol–water partition coefficient (Wildman–Crippen LogP) is 3.86. The minimum absolute atomic E-state index is 0.215. The van der Waals surface area contributed by atoms with Crippen molar-refractivity contribution in [2.45, 2.75) is 0 Å². The first kappa shape index (κ1) is 17.7. The number of hydrogen-bond donors (Lipinski definition) is 0. The summed E-state index contributed by atoms with van der Waals surface area (Å²) in [6.07, 6.45) is 2.95. The van der Waals surface area contributed by atoms with Crippen LogP contribution in [-0.4, -0.2) is 26.2 Å². The minimum Gasteiger partial charge on any atom is -0.493 e. The van der Waals surface area contributed by atoms with Crippen molar-refractivity contribution in [1.29, 1.82) is 0 Å². The lowest BCUT2D eigenvalue weighted by Crippen LogP contribution is -2.07. The number of benzene rings is 2. The van der Waals surface area contributed by atoms with Crippen LogP contribution in [0.25, 0.3) is 6.08 Å². The summed E-state index contributed by atoms with van der Waals surface area (Å²) < 4.78 is 15.9. The van der Waals surface area contributed by atoms with Gasteiger partial charge in [-0.25, -0.2) is 9.59 Å². The normalized spacial score (nSPS) is 10.5. The Balaban J connectivity index is 2.14. The van der Waals surface area contributed by atoms with E-state index in [9.17, 15) is 9.59 Å². The third kappa shape index (κ3) is 4.45. The minimum atomic E-state index is -0.560. The monoisotopic (exact) mass is 390 g/mol. The fourth-order valence-electron chi connectivity index (χ4n) is 1.91. The van der Waals surface area contributed by atoms with Crippen LogP contribution in [0.3, 0.4) is 0 Å². The van der Waals surface area contributed by atoms with Crippen LogP contribution in [0, 0.1) is 0 Å². The van der Waals surface area contributed by atoms with Gasteiger partial charge in [-0.3, -0.25) is 0 Å². The summed E-state index contributed by atoms with van der Waals surface area (Å²) in [7, 11) is 2.71. The summed E-state index contributed by atoms with van der Waals surface area (Å²) in [6, 6.07) is 11.9. The van der Waals surface area contributed by atoms with E-state index in [-0.39, 0.29) is 11.5 Å². The number of carbonyl (C=O) groups is 2. The number of ether oxygens (including phenoxy) is 3. The van der Waals surface area contributed by atoms with Crippen LogP contribution in [0.4, 0.5) is 0 Å². The van der Waals surface area contributed by atoms with E-state index in [0.29, 0.717) is 5.56 Å². The van der Waals surface area contributed by atoms with Crippen LogP contribution in [0.1, 0.15) is 15.9 Å². The van der Waals surface area contributed by atoms with Crippen molar-refractivity contribution in [2.24, 2.45) is 0 Å². The van der Waals surface area contributed by atoms with Crippen molar-refractivity contribution in [2.75, 3.05) is 14.2 Å². The van der Waals surface area contributed by atoms with Gasteiger partial charge in [0.1, 0.15) is 0 Å². The van der Waals surface area contributed by atoms with E-state index in [1.807, 2.05) is 24.3 Å². The Labute approximate surface area is 148 Å². The number of halogens is 1. The van der Waals surface area contributed by atoms with E-state index >= 15 is 0 Å². The molecule has 0 N–H and O–H groups in total. The van der Waals surface area contributed by atoms with Gasteiger partial charge in [0.05, 0.1) is 19.8 Å². The summed E-state index contributed by atoms with van der Waals surface area (Å²) in [4.78, 5) is 23.5. The largest absolute Gasteiger partial charge is 0.493 e. The molecule has 2 aromatic carbocycles. The molecule has 0 spiro atoms. The van der Waals surface area contributed by atoms with E-state index in [2.05, 4.69) is 20.7 Å². The molecule has 0 heterocycles. The van der Waals surface area contributed by atoms with Gasteiger partial charge < -0.3 is 14.2 Å². The lowest BCUT2D eigenvalue weighted by atomic mass is 10.2. The van der Waals surface area contributed by atoms with Gasteiger partial charge in [-0.15, -0.1) is 0 Å². The topological polar surface area (TPSA) is 61.8 Å². The van der Waals surface area contributed by atoms with Crippen molar-refractivity contribution in [3.8, 4) is 11.5 Å². The molecule has 0 radical (unpaired) electrons. The Morgan fingerprint density at radius 2 is 1.79 bits per heavy atom. The first-order chi connectivity index (χ1) is 11.5. The number of rotatable bonds is 5. The van der Waals surface area contributed by atoms with Crippen LogP contribution in [0.15, 0.2) is 53.0 Å². The lowest BCUT2D eigenvalue weighted by Gasteiger charge is -2.09. The van der Waals surface area contributed by atoms with Gasteiger partial charge in [-0.2, -0.15) is 0 Å². The zero-order chi connectivity index (χ0) is 17.5. The summed E-state index contributed by atoms with van der Waals surface area (Å²) >= 11 is 3.40. The molecule has 0 saturated heterocycles. The Bertz CT molecular complexity index is 783. The molecule has 0 bridgehead atoms. The van der Waals surface area contributed by atoms with Gasteiger partial charge in [0.2, 0.25) is 0 Å². The molecule has 124 valence electrons. The molecule has 2 aromatic rings. The maximum absolute atomic E-state index is 12.0. The quantitative estimate of drug-likeness (QED) is 0.440. The van der Waals surface area contributed by atoms with Crippen molar-refractivity contribution >= 4 is 33.9 Å². The number of hydrogen-bond acceptors (Lipinski definition) is 5. The third-order valence-corrected chi connectivity index (χ3v) is 3.82. The molecule has 0 aliphatic rings. The Hall–Kier alpha value is -2.60. The maximum atomic E-state index is 12.0. The second-order valence-corrected chi connectivity index (χ2v) is 5.49. The molecule has 24 heavy (non-hydrogen) atoms. The van der Waals surface area contributed by atoms with Gasteiger partial charge >= 0.3 is 11.9 Å². The summed E-state index contributed by atoms with van der Waals surface area (Å²) in [5.41, 5.74) is 1.15. The molecule has 0 saturated carbocycles. The number of carbonyl (C=O) groups excluding carboxylic acids is 2. The van der Waals surface area contributed by atoms with Crippen LogP contribution >= 0.6 is 15.9 Å². The fourth-order valence-corrected chi connectivity index (χ4v) is 2.32. The van der Waals surface area contributed by atoms with Gasteiger partial charge in [-0.05, 0) is 35.9 Å². The molecule has 0 unspecified atom stereocenters. The SMILES string of the molecule is COC(=O)c1ccc(OC(=O)/C=C/c2ccccc2Br)c(OC)c1. The smallest absolute Gasteiger partial charge is 0.337 e. The predicted molar refractivity (Wildman–Crippen MR) is 93.1 cm³/mol. The van der Waals surface area contributed by atoms with Crippen molar-refractivity contribution in [3.05, 3.63) is 64.1 Å². The average molecular weight is 391 g/mol. The van der Waals surface area contributed by atoms with Crippen LogP contribution in [-0.2, 0) is 9.53 Å². The molecular weight excluding hydrogens is 376 g/mol. The molecule has 0 amide bonds.